The molecule has 4 heterocycles. The molecule has 2 aliphatic heterocycles. The van der Waals surface area contributed by atoms with E-state index >= 15 is 0 Å². The first-order valence-corrected chi connectivity index (χ1v) is 13.1. The van der Waals surface area contributed by atoms with Crippen molar-refractivity contribution in [2.75, 3.05) is 51.4 Å². The lowest BCUT2D eigenvalue weighted by atomic mass is 9.94. The Bertz CT molecular complexity index is 1250. The summed E-state index contributed by atoms with van der Waals surface area (Å²) in [6, 6.07) is 7.72. The Balaban J connectivity index is 1.30. The van der Waals surface area contributed by atoms with Crippen molar-refractivity contribution in [3.05, 3.63) is 47.3 Å². The number of piperidine rings is 1. The van der Waals surface area contributed by atoms with Crippen LogP contribution in [-0.4, -0.2) is 72.6 Å². The van der Waals surface area contributed by atoms with Crippen LogP contribution in [0.3, 0.4) is 0 Å². The number of hydrogen-bond acceptors (Lipinski definition) is 8. The summed E-state index contributed by atoms with van der Waals surface area (Å²) in [6.45, 7) is 6.06. The van der Waals surface area contributed by atoms with Gasteiger partial charge in [-0.25, -0.2) is 4.98 Å². The normalized spacial score (nSPS) is 16.8. The summed E-state index contributed by atoms with van der Waals surface area (Å²) < 4.78 is 15.2. The van der Waals surface area contributed by atoms with Crippen LogP contribution in [0.4, 0.5) is 5.69 Å². The molecule has 1 N–H and O–H groups in total. The molecule has 36 heavy (non-hydrogen) atoms. The molecule has 0 bridgehead atoms. The fraction of sp³-hybridized carbons (Fsp3) is 0.462. The summed E-state index contributed by atoms with van der Waals surface area (Å²) in [4.78, 5) is 35.9. The zero-order valence-corrected chi connectivity index (χ0v) is 21.5. The summed E-state index contributed by atoms with van der Waals surface area (Å²) in [5.41, 5.74) is 3.39. The Morgan fingerprint density at radius 3 is 2.72 bits per heavy atom. The molecule has 2 fully saturated rings. The van der Waals surface area contributed by atoms with Gasteiger partial charge in [-0.3, -0.25) is 9.59 Å². The smallest absolute Gasteiger partial charge is 0.257 e. The highest BCUT2D eigenvalue weighted by Crippen LogP contribution is 2.36. The van der Waals surface area contributed by atoms with Gasteiger partial charge in [0.05, 0.1) is 42.7 Å². The second-order valence-electron chi connectivity index (χ2n) is 9.20. The zero-order valence-electron chi connectivity index (χ0n) is 20.7. The minimum absolute atomic E-state index is 0.0218. The van der Waals surface area contributed by atoms with Crippen molar-refractivity contribution in [1.29, 1.82) is 0 Å². The van der Waals surface area contributed by atoms with Crippen LogP contribution in [0.1, 0.15) is 34.5 Å². The number of pyridine rings is 1. The van der Waals surface area contributed by atoms with Gasteiger partial charge >= 0.3 is 0 Å². The van der Waals surface area contributed by atoms with E-state index in [4.69, 9.17) is 9.47 Å². The molecule has 2 saturated heterocycles. The predicted octanol–water partition coefficient (Wildman–Crippen LogP) is 3.01. The van der Waals surface area contributed by atoms with E-state index < -0.39 is 0 Å². The highest BCUT2D eigenvalue weighted by Gasteiger charge is 2.31. The molecule has 10 heteroatoms. The number of hydrogen-bond donors (Lipinski definition) is 1. The standard InChI is InChI=1S/C26H31N5O4S/c1-17-22-23(21(16-28-25(22)36-29-17)26(33)31-10-12-35-13-11-31)30-8-6-19(7-9-30)24(32)27-15-18-4-3-5-20(14-18)34-2/h3-5,14,16,19H,6-13,15H2,1-2H3,(H,27,32). The number of nitrogens with one attached hydrogen (secondary N) is 1. The maximum absolute atomic E-state index is 13.5. The van der Waals surface area contributed by atoms with E-state index in [2.05, 4.69) is 19.6 Å². The number of nitrogens with zero attached hydrogens (tertiary/aromatic N) is 4. The number of aryl methyl sites for hydroxylation is 1. The van der Waals surface area contributed by atoms with Crippen LogP contribution in [0.15, 0.2) is 30.5 Å². The van der Waals surface area contributed by atoms with E-state index in [1.165, 1.54) is 11.5 Å². The van der Waals surface area contributed by atoms with Crippen LogP contribution in [-0.2, 0) is 16.1 Å². The topological polar surface area (TPSA) is 96.9 Å². The molecule has 5 rings (SSSR count). The summed E-state index contributed by atoms with van der Waals surface area (Å²) in [6.07, 6.45) is 3.13. The van der Waals surface area contributed by atoms with Gasteiger partial charge in [0.15, 0.2) is 0 Å². The molecule has 2 amide bonds. The second kappa shape index (κ2) is 10.8. The van der Waals surface area contributed by atoms with E-state index in [1.807, 2.05) is 36.1 Å². The summed E-state index contributed by atoms with van der Waals surface area (Å²) in [5.74, 6) is 0.755. The van der Waals surface area contributed by atoms with Gasteiger partial charge in [-0.15, -0.1) is 0 Å². The third kappa shape index (κ3) is 5.01. The van der Waals surface area contributed by atoms with Crippen LogP contribution in [0.25, 0.3) is 10.2 Å². The first-order valence-electron chi connectivity index (χ1n) is 12.3. The van der Waals surface area contributed by atoms with Crippen molar-refractivity contribution in [3.63, 3.8) is 0 Å². The molecule has 0 spiro atoms. The van der Waals surface area contributed by atoms with Crippen molar-refractivity contribution in [3.8, 4) is 5.75 Å². The number of fused-ring (bicyclic) bond motifs is 1. The van der Waals surface area contributed by atoms with E-state index in [1.54, 1.807) is 13.3 Å². The van der Waals surface area contributed by atoms with Gasteiger partial charge in [0.1, 0.15) is 10.6 Å². The molecular weight excluding hydrogens is 478 g/mol. The number of anilines is 1. The predicted molar refractivity (Wildman–Crippen MR) is 139 cm³/mol. The number of amides is 2. The number of carbonyl (C=O) groups is 2. The molecular formula is C26H31N5O4S. The first kappa shape index (κ1) is 24.5. The Morgan fingerprint density at radius 1 is 1.19 bits per heavy atom. The van der Waals surface area contributed by atoms with Gasteiger partial charge in [-0.05, 0) is 49.0 Å². The number of benzene rings is 1. The molecule has 2 aliphatic rings. The maximum Gasteiger partial charge on any atom is 0.257 e. The van der Waals surface area contributed by atoms with Crippen molar-refractivity contribution in [1.82, 2.24) is 19.6 Å². The Kier molecular flexibility index (Phi) is 7.33. The van der Waals surface area contributed by atoms with Crippen LogP contribution >= 0.6 is 11.5 Å². The van der Waals surface area contributed by atoms with Crippen LogP contribution in [0.2, 0.25) is 0 Å². The molecule has 0 unspecified atom stereocenters. The number of morpholine rings is 1. The fourth-order valence-electron chi connectivity index (χ4n) is 4.94. The van der Waals surface area contributed by atoms with Crippen LogP contribution < -0.4 is 15.0 Å². The van der Waals surface area contributed by atoms with E-state index in [9.17, 15) is 9.59 Å². The molecule has 2 aromatic heterocycles. The lowest BCUT2D eigenvalue weighted by molar-refractivity contribution is -0.125. The van der Waals surface area contributed by atoms with E-state index in [0.29, 0.717) is 51.5 Å². The van der Waals surface area contributed by atoms with E-state index in [0.717, 1.165) is 45.8 Å². The van der Waals surface area contributed by atoms with Gasteiger partial charge in [0, 0.05) is 44.8 Å². The minimum Gasteiger partial charge on any atom is -0.497 e. The first-order chi connectivity index (χ1) is 17.5. The third-order valence-electron chi connectivity index (χ3n) is 6.96. The highest BCUT2D eigenvalue weighted by atomic mass is 32.1. The molecule has 0 atom stereocenters. The summed E-state index contributed by atoms with van der Waals surface area (Å²) in [7, 11) is 1.63. The van der Waals surface area contributed by atoms with Crippen molar-refractivity contribution in [2.45, 2.75) is 26.3 Å². The van der Waals surface area contributed by atoms with Crippen molar-refractivity contribution < 1.29 is 19.1 Å². The Labute approximate surface area is 214 Å². The largest absolute Gasteiger partial charge is 0.497 e. The average molecular weight is 510 g/mol. The zero-order chi connectivity index (χ0) is 25.1. The summed E-state index contributed by atoms with van der Waals surface area (Å²) in [5, 5.41) is 4.02. The maximum atomic E-state index is 13.5. The fourth-order valence-corrected chi connectivity index (χ4v) is 5.69. The number of ether oxygens (including phenoxy) is 2. The van der Waals surface area contributed by atoms with Gasteiger partial charge in [-0.1, -0.05) is 12.1 Å². The number of carbonyl (C=O) groups excluding carboxylic acids is 2. The van der Waals surface area contributed by atoms with Gasteiger partial charge in [0.2, 0.25) is 5.91 Å². The highest BCUT2D eigenvalue weighted by molar-refractivity contribution is 7.13. The molecule has 3 aromatic rings. The summed E-state index contributed by atoms with van der Waals surface area (Å²) >= 11 is 1.35. The lowest BCUT2D eigenvalue weighted by Crippen LogP contribution is -2.43. The number of rotatable bonds is 6. The molecule has 9 nitrogen and oxygen atoms in total. The van der Waals surface area contributed by atoms with E-state index in [-0.39, 0.29) is 17.7 Å². The Morgan fingerprint density at radius 2 is 1.97 bits per heavy atom. The van der Waals surface area contributed by atoms with Gasteiger partial charge in [0.25, 0.3) is 5.91 Å². The van der Waals surface area contributed by atoms with Gasteiger partial charge in [-0.2, -0.15) is 4.37 Å². The van der Waals surface area contributed by atoms with Gasteiger partial charge < -0.3 is 24.6 Å². The molecule has 0 aliphatic carbocycles. The second-order valence-corrected chi connectivity index (χ2v) is 9.96. The minimum atomic E-state index is -0.0655. The molecule has 0 radical (unpaired) electrons. The van der Waals surface area contributed by atoms with Crippen LogP contribution in [0.5, 0.6) is 5.75 Å². The lowest BCUT2D eigenvalue weighted by Gasteiger charge is -2.35. The molecule has 0 saturated carbocycles. The van der Waals surface area contributed by atoms with Crippen molar-refractivity contribution in [2.24, 2.45) is 5.92 Å². The molecule has 190 valence electrons. The monoisotopic (exact) mass is 509 g/mol. The van der Waals surface area contributed by atoms with Crippen LogP contribution in [0, 0.1) is 12.8 Å². The molecule has 1 aromatic carbocycles. The number of aromatic nitrogens is 2. The third-order valence-corrected chi connectivity index (χ3v) is 7.81. The quantitative estimate of drug-likeness (QED) is 0.546. The van der Waals surface area contributed by atoms with Crippen molar-refractivity contribution >= 4 is 39.3 Å². The number of methoxy groups -OCH3 is 1. The average Bonchev–Trinajstić information content (AvgIpc) is 3.32. The SMILES string of the molecule is COc1cccc(CNC(=O)C2CCN(c3c(C(=O)N4CCOCC4)cnc4snc(C)c34)CC2)c1. The Hall–Kier alpha value is -3.24.